The standard InChI is InChI=1S/C18H25ClN4O3S/c1-5-6-11-23-17(19)16(13(4)21-23)18(24)20-14-7-9-15(10-8-14)27(25,26)22-12(2)3/h7-10,12,22H,5-6,11H2,1-4H3,(H,20,24). The summed E-state index contributed by atoms with van der Waals surface area (Å²) in [5, 5.41) is 7.36. The first-order valence-corrected chi connectivity index (χ1v) is 10.7. The SMILES string of the molecule is CCCCn1nc(C)c(C(=O)Nc2ccc(S(=O)(=O)NC(C)C)cc2)c1Cl. The number of hydrogen-bond donors (Lipinski definition) is 2. The number of carbonyl (C=O) groups is 1. The van der Waals surface area contributed by atoms with Gasteiger partial charge in [0.1, 0.15) is 5.15 Å². The molecule has 1 heterocycles. The normalized spacial score (nSPS) is 11.8. The molecular weight excluding hydrogens is 388 g/mol. The van der Waals surface area contributed by atoms with Crippen LogP contribution in [0, 0.1) is 6.92 Å². The molecule has 0 unspecified atom stereocenters. The third-order valence-electron chi connectivity index (χ3n) is 3.83. The second-order valence-corrected chi connectivity index (χ2v) is 8.65. The van der Waals surface area contributed by atoms with Gasteiger partial charge in [-0.25, -0.2) is 13.1 Å². The predicted octanol–water partition coefficient (Wildman–Crippen LogP) is 3.58. The maximum absolute atomic E-state index is 12.6. The van der Waals surface area contributed by atoms with E-state index in [9.17, 15) is 13.2 Å². The largest absolute Gasteiger partial charge is 0.322 e. The van der Waals surface area contributed by atoms with E-state index in [-0.39, 0.29) is 16.8 Å². The predicted molar refractivity (Wildman–Crippen MR) is 107 cm³/mol. The summed E-state index contributed by atoms with van der Waals surface area (Å²) in [5.41, 5.74) is 1.35. The molecule has 0 saturated heterocycles. The first-order valence-electron chi connectivity index (χ1n) is 8.82. The summed E-state index contributed by atoms with van der Waals surface area (Å²) in [5.74, 6) is -0.379. The Morgan fingerprint density at radius 1 is 1.26 bits per heavy atom. The molecular formula is C18H25ClN4O3S. The highest BCUT2D eigenvalue weighted by molar-refractivity contribution is 7.89. The van der Waals surface area contributed by atoms with Gasteiger partial charge in [-0.15, -0.1) is 0 Å². The highest BCUT2D eigenvalue weighted by Crippen LogP contribution is 2.22. The zero-order valence-electron chi connectivity index (χ0n) is 15.9. The van der Waals surface area contributed by atoms with E-state index in [0.29, 0.717) is 28.6 Å². The van der Waals surface area contributed by atoms with Gasteiger partial charge in [-0.1, -0.05) is 24.9 Å². The summed E-state index contributed by atoms with van der Waals surface area (Å²) in [6.07, 6.45) is 1.92. The number of anilines is 1. The lowest BCUT2D eigenvalue weighted by atomic mass is 10.2. The van der Waals surface area contributed by atoms with Gasteiger partial charge in [-0.05, 0) is 51.5 Å². The Kier molecular flexibility index (Phi) is 7.02. The summed E-state index contributed by atoms with van der Waals surface area (Å²) in [6.45, 7) is 7.95. The number of unbranched alkanes of at least 4 members (excludes halogenated alkanes) is 1. The number of nitrogens with zero attached hydrogens (tertiary/aromatic N) is 2. The Bertz CT molecular complexity index is 905. The van der Waals surface area contributed by atoms with Gasteiger partial charge >= 0.3 is 0 Å². The quantitative estimate of drug-likeness (QED) is 0.692. The highest BCUT2D eigenvalue weighted by atomic mass is 35.5. The molecule has 0 spiro atoms. The summed E-state index contributed by atoms with van der Waals surface area (Å²) in [6, 6.07) is 5.76. The number of rotatable bonds is 8. The number of hydrogen-bond acceptors (Lipinski definition) is 4. The molecule has 0 aliphatic heterocycles. The van der Waals surface area contributed by atoms with Crippen molar-refractivity contribution >= 4 is 33.2 Å². The summed E-state index contributed by atoms with van der Waals surface area (Å²) >= 11 is 6.31. The van der Waals surface area contributed by atoms with E-state index in [1.165, 1.54) is 24.3 Å². The first kappa shape index (κ1) is 21.4. The summed E-state index contributed by atoms with van der Waals surface area (Å²) in [4.78, 5) is 12.7. The Balaban J connectivity index is 2.16. The van der Waals surface area contributed by atoms with Crippen molar-refractivity contribution < 1.29 is 13.2 Å². The van der Waals surface area contributed by atoms with Crippen LogP contribution in [0.4, 0.5) is 5.69 Å². The Labute approximate surface area is 165 Å². The molecule has 0 saturated carbocycles. The average molecular weight is 413 g/mol. The van der Waals surface area contributed by atoms with Crippen LogP contribution in [-0.4, -0.2) is 30.1 Å². The van der Waals surface area contributed by atoms with Gasteiger partial charge in [0.05, 0.1) is 16.2 Å². The molecule has 7 nitrogen and oxygen atoms in total. The molecule has 1 amide bonds. The lowest BCUT2D eigenvalue weighted by Crippen LogP contribution is -2.30. The molecule has 0 aliphatic carbocycles. The third kappa shape index (κ3) is 5.31. The van der Waals surface area contributed by atoms with Gasteiger partial charge in [0.2, 0.25) is 10.0 Å². The van der Waals surface area contributed by atoms with Gasteiger partial charge < -0.3 is 5.32 Å². The number of aryl methyl sites for hydroxylation is 2. The smallest absolute Gasteiger partial charge is 0.260 e. The third-order valence-corrected chi connectivity index (χ3v) is 5.89. The van der Waals surface area contributed by atoms with E-state index in [2.05, 4.69) is 22.1 Å². The lowest BCUT2D eigenvalue weighted by Gasteiger charge is -2.10. The fourth-order valence-corrected chi connectivity index (χ4v) is 4.15. The van der Waals surface area contributed by atoms with Gasteiger partial charge in [0.15, 0.2) is 0 Å². The zero-order valence-corrected chi connectivity index (χ0v) is 17.5. The second-order valence-electron chi connectivity index (χ2n) is 6.58. The molecule has 0 aliphatic rings. The molecule has 1 aromatic heterocycles. The van der Waals surface area contributed by atoms with Gasteiger partial charge in [-0.2, -0.15) is 5.10 Å². The van der Waals surface area contributed by atoms with Crippen LogP contribution >= 0.6 is 11.6 Å². The number of sulfonamides is 1. The molecule has 0 atom stereocenters. The zero-order chi connectivity index (χ0) is 20.2. The van der Waals surface area contributed by atoms with Crippen LogP contribution in [0.25, 0.3) is 0 Å². The van der Waals surface area contributed by atoms with Crippen LogP contribution in [0.5, 0.6) is 0 Å². The van der Waals surface area contributed by atoms with Crippen molar-refractivity contribution in [3.63, 3.8) is 0 Å². The van der Waals surface area contributed by atoms with Crippen molar-refractivity contribution in [2.75, 3.05) is 5.32 Å². The minimum absolute atomic E-state index is 0.135. The van der Waals surface area contributed by atoms with Crippen LogP contribution < -0.4 is 10.0 Å². The maximum Gasteiger partial charge on any atom is 0.260 e. The Morgan fingerprint density at radius 3 is 2.44 bits per heavy atom. The number of carbonyl (C=O) groups excluding carboxylic acids is 1. The number of benzene rings is 1. The molecule has 9 heteroatoms. The van der Waals surface area contributed by atoms with Crippen LogP contribution in [-0.2, 0) is 16.6 Å². The van der Waals surface area contributed by atoms with E-state index in [1.807, 2.05) is 0 Å². The Morgan fingerprint density at radius 2 is 1.89 bits per heavy atom. The minimum atomic E-state index is -3.57. The first-order chi connectivity index (χ1) is 12.7. The number of halogens is 1. The Hall–Kier alpha value is -1.90. The van der Waals surface area contributed by atoms with Gasteiger partial charge in [-0.3, -0.25) is 9.48 Å². The molecule has 2 rings (SSSR count). The molecule has 0 radical (unpaired) electrons. The summed E-state index contributed by atoms with van der Waals surface area (Å²) < 4.78 is 28.4. The van der Waals surface area contributed by atoms with Crippen LogP contribution in [0.15, 0.2) is 29.2 Å². The van der Waals surface area contributed by atoms with E-state index in [4.69, 9.17) is 11.6 Å². The molecule has 0 bridgehead atoms. The van der Waals surface area contributed by atoms with Gasteiger partial charge in [0, 0.05) is 18.3 Å². The van der Waals surface area contributed by atoms with Crippen LogP contribution in [0.2, 0.25) is 5.15 Å². The average Bonchev–Trinajstić information content (AvgIpc) is 2.86. The minimum Gasteiger partial charge on any atom is -0.322 e. The molecule has 27 heavy (non-hydrogen) atoms. The molecule has 1 aromatic carbocycles. The molecule has 2 aromatic rings. The van der Waals surface area contributed by atoms with Crippen molar-refractivity contribution in [1.29, 1.82) is 0 Å². The topological polar surface area (TPSA) is 93.1 Å². The van der Waals surface area contributed by atoms with Crippen molar-refractivity contribution in [3.05, 3.63) is 40.7 Å². The molecule has 148 valence electrons. The number of nitrogens with one attached hydrogen (secondary N) is 2. The lowest BCUT2D eigenvalue weighted by molar-refractivity contribution is 0.102. The van der Waals surface area contributed by atoms with Crippen molar-refractivity contribution in [2.24, 2.45) is 0 Å². The molecule has 2 N–H and O–H groups in total. The van der Waals surface area contributed by atoms with Crippen molar-refractivity contribution in [2.45, 2.75) is 58.0 Å². The maximum atomic E-state index is 12.6. The second kappa shape index (κ2) is 8.86. The van der Waals surface area contributed by atoms with Gasteiger partial charge in [0.25, 0.3) is 5.91 Å². The van der Waals surface area contributed by atoms with Crippen LogP contribution in [0.3, 0.4) is 0 Å². The fourth-order valence-electron chi connectivity index (χ4n) is 2.56. The van der Waals surface area contributed by atoms with E-state index >= 15 is 0 Å². The molecule has 0 fully saturated rings. The van der Waals surface area contributed by atoms with Crippen molar-refractivity contribution in [3.8, 4) is 0 Å². The highest BCUT2D eigenvalue weighted by Gasteiger charge is 2.21. The van der Waals surface area contributed by atoms with Crippen molar-refractivity contribution in [1.82, 2.24) is 14.5 Å². The fraction of sp³-hybridized carbons (Fsp3) is 0.444. The monoisotopic (exact) mass is 412 g/mol. The van der Waals surface area contributed by atoms with Crippen LogP contribution in [0.1, 0.15) is 49.7 Å². The van der Waals surface area contributed by atoms with E-state index < -0.39 is 10.0 Å². The number of amides is 1. The summed E-state index contributed by atoms with van der Waals surface area (Å²) in [7, 11) is -3.57. The van der Waals surface area contributed by atoms with E-state index in [1.54, 1.807) is 25.5 Å². The number of aromatic nitrogens is 2. The van der Waals surface area contributed by atoms with E-state index in [0.717, 1.165) is 12.8 Å².